The van der Waals surface area contributed by atoms with Crippen LogP contribution in [0.25, 0.3) is 0 Å². The van der Waals surface area contributed by atoms with Crippen molar-refractivity contribution in [3.05, 3.63) is 41.6 Å². The summed E-state index contributed by atoms with van der Waals surface area (Å²) in [5, 5.41) is 23.0. The molecule has 1 unspecified atom stereocenters. The lowest BCUT2D eigenvalue weighted by Crippen LogP contribution is -2.46. The van der Waals surface area contributed by atoms with Crippen molar-refractivity contribution in [3.63, 3.8) is 0 Å². The third-order valence-corrected chi connectivity index (χ3v) is 5.21. The van der Waals surface area contributed by atoms with Crippen molar-refractivity contribution in [2.75, 3.05) is 0 Å². The number of hydrogen-bond acceptors (Lipinski definition) is 5. The number of aromatic nitrogens is 2. The Morgan fingerprint density at radius 2 is 1.92 bits per heavy atom. The highest BCUT2D eigenvalue weighted by Gasteiger charge is 2.55. The summed E-state index contributed by atoms with van der Waals surface area (Å²) in [6, 6.07) is 7.34. The van der Waals surface area contributed by atoms with Crippen LogP contribution in [-0.4, -0.2) is 45.3 Å². The Kier molecular flexibility index (Phi) is 4.58. The molecule has 3 rings (SSSR count). The highest BCUT2D eigenvalue weighted by Crippen LogP contribution is 2.39. The van der Waals surface area contributed by atoms with E-state index in [0.29, 0.717) is 11.9 Å². The molecule has 2 N–H and O–H groups in total. The maximum Gasteiger partial charge on any atom is 0.516 e. The second-order valence-electron chi connectivity index (χ2n) is 7.46. The minimum atomic E-state index is -1.46. The van der Waals surface area contributed by atoms with Crippen molar-refractivity contribution in [1.29, 1.82) is 0 Å². The molecule has 0 amide bonds. The van der Waals surface area contributed by atoms with Crippen molar-refractivity contribution >= 4 is 25.3 Å². The fraction of sp³-hybridized carbons (Fsp3) is 0.471. The topological polar surface area (TPSA) is 76.7 Å². The summed E-state index contributed by atoms with van der Waals surface area (Å²) in [4.78, 5) is 0. The predicted octanol–water partition coefficient (Wildman–Crippen LogP) is -0.0697. The molecule has 1 aliphatic heterocycles. The maximum atomic E-state index is 9.32. The van der Waals surface area contributed by atoms with Crippen LogP contribution in [0.5, 0.6) is 0 Å². The zero-order valence-corrected chi connectivity index (χ0v) is 15.4. The smallest absolute Gasteiger partial charge is 0.423 e. The van der Waals surface area contributed by atoms with E-state index in [-0.39, 0.29) is 0 Å². The lowest BCUT2D eigenvalue weighted by molar-refractivity contribution is -0.00886. The monoisotopic (exact) mass is 342 g/mol. The molecule has 1 fully saturated rings. The van der Waals surface area contributed by atoms with Gasteiger partial charge in [0.15, 0.2) is 0 Å². The van der Waals surface area contributed by atoms with Gasteiger partial charge in [-0.3, -0.25) is 4.68 Å². The molecule has 1 atom stereocenters. The Bertz CT molecular complexity index is 778. The summed E-state index contributed by atoms with van der Waals surface area (Å²) >= 11 is 0. The second kappa shape index (κ2) is 6.29. The lowest BCUT2D eigenvalue weighted by atomic mass is 9.76. The minimum absolute atomic E-state index is 0.487. The Morgan fingerprint density at radius 3 is 2.48 bits per heavy atom. The number of hydrogen-bond donors (Lipinski definition) is 2. The molecular formula is C17H24B2N2O4. The van der Waals surface area contributed by atoms with Crippen molar-refractivity contribution in [3.8, 4) is 0 Å². The quantitative estimate of drug-likeness (QED) is 0.761. The molecule has 2 aromatic rings. The van der Waals surface area contributed by atoms with Gasteiger partial charge in [0.25, 0.3) is 0 Å². The molecule has 1 aromatic heterocycles. The van der Waals surface area contributed by atoms with Gasteiger partial charge in [0.1, 0.15) is 0 Å². The fourth-order valence-corrected chi connectivity index (χ4v) is 3.17. The molecule has 132 valence electrons. The largest absolute Gasteiger partial charge is 0.516 e. The van der Waals surface area contributed by atoms with Crippen LogP contribution < -0.4 is 11.1 Å². The molecule has 25 heavy (non-hydrogen) atoms. The Balaban J connectivity index is 1.85. The number of nitrogens with zero attached hydrogens (tertiary/aromatic N) is 2. The van der Waals surface area contributed by atoms with Gasteiger partial charge in [-0.05, 0) is 50.4 Å². The number of benzene rings is 1. The summed E-state index contributed by atoms with van der Waals surface area (Å²) in [6.45, 7) is 8.06. The molecule has 0 bridgehead atoms. The summed E-state index contributed by atoms with van der Waals surface area (Å²) in [5.74, 6) is 0. The van der Waals surface area contributed by atoms with Crippen LogP contribution in [0, 0.1) is 6.92 Å². The molecule has 0 radical (unpaired) electrons. The minimum Gasteiger partial charge on any atom is -0.423 e. The van der Waals surface area contributed by atoms with E-state index < -0.39 is 25.4 Å². The number of rotatable bonds is 4. The van der Waals surface area contributed by atoms with Gasteiger partial charge in [-0.1, -0.05) is 18.2 Å². The van der Waals surface area contributed by atoms with Crippen LogP contribution in [0.3, 0.4) is 0 Å². The first-order valence-corrected chi connectivity index (χ1v) is 8.42. The van der Waals surface area contributed by atoms with E-state index in [1.807, 2.05) is 53.1 Å². The lowest BCUT2D eigenvalue weighted by Gasteiger charge is -2.37. The van der Waals surface area contributed by atoms with Gasteiger partial charge in [0, 0.05) is 19.7 Å². The van der Waals surface area contributed by atoms with E-state index in [0.717, 1.165) is 16.7 Å². The molecule has 1 saturated heterocycles. The first kappa shape index (κ1) is 18.2. The Hall–Kier alpha value is -1.60. The maximum absolute atomic E-state index is 9.32. The summed E-state index contributed by atoms with van der Waals surface area (Å²) in [5.41, 5.74) is 2.28. The van der Waals surface area contributed by atoms with Crippen LogP contribution >= 0.6 is 0 Å². The zero-order chi connectivity index (χ0) is 18.4. The first-order valence-electron chi connectivity index (χ1n) is 8.42. The summed E-state index contributed by atoms with van der Waals surface area (Å²) < 4.78 is 14.2. The first-order chi connectivity index (χ1) is 11.6. The van der Waals surface area contributed by atoms with E-state index in [9.17, 15) is 10.0 Å². The SMILES string of the molecule is Cc1cc(B(O)O)ccc1CC1(C)OB(c2ccn(C)n2)OC1(C)C. The van der Waals surface area contributed by atoms with Gasteiger partial charge in [-0.25, -0.2) is 0 Å². The molecule has 8 heteroatoms. The molecule has 0 saturated carbocycles. The highest BCUT2D eigenvalue weighted by molar-refractivity contribution is 6.61. The third kappa shape index (κ3) is 3.40. The van der Waals surface area contributed by atoms with Gasteiger partial charge in [-0.2, -0.15) is 5.10 Å². The zero-order valence-electron chi connectivity index (χ0n) is 15.4. The van der Waals surface area contributed by atoms with Gasteiger partial charge in [0.2, 0.25) is 0 Å². The van der Waals surface area contributed by atoms with Gasteiger partial charge in [0.05, 0.1) is 16.8 Å². The van der Waals surface area contributed by atoms with E-state index in [2.05, 4.69) is 5.10 Å². The highest BCUT2D eigenvalue weighted by atomic mass is 16.7. The molecule has 1 aromatic carbocycles. The molecular weight excluding hydrogens is 318 g/mol. The van der Waals surface area contributed by atoms with Crippen LogP contribution in [0.1, 0.15) is 31.9 Å². The molecule has 0 aliphatic carbocycles. The van der Waals surface area contributed by atoms with E-state index in [1.165, 1.54) is 0 Å². The van der Waals surface area contributed by atoms with Crippen molar-refractivity contribution < 1.29 is 19.4 Å². The normalized spacial score (nSPS) is 22.4. The molecule has 1 aliphatic rings. The van der Waals surface area contributed by atoms with Crippen molar-refractivity contribution in [1.82, 2.24) is 9.78 Å². The van der Waals surface area contributed by atoms with E-state index >= 15 is 0 Å². The second-order valence-corrected chi connectivity index (χ2v) is 7.46. The fourth-order valence-electron chi connectivity index (χ4n) is 3.17. The van der Waals surface area contributed by atoms with Gasteiger partial charge >= 0.3 is 14.2 Å². The Morgan fingerprint density at radius 1 is 1.20 bits per heavy atom. The number of aryl methyl sites for hydroxylation is 2. The van der Waals surface area contributed by atoms with Crippen LogP contribution in [0.4, 0.5) is 0 Å². The van der Waals surface area contributed by atoms with E-state index in [4.69, 9.17) is 9.31 Å². The molecule has 6 nitrogen and oxygen atoms in total. The van der Waals surface area contributed by atoms with Crippen LogP contribution in [0.15, 0.2) is 30.5 Å². The van der Waals surface area contributed by atoms with Gasteiger partial charge < -0.3 is 19.4 Å². The van der Waals surface area contributed by atoms with E-state index in [1.54, 1.807) is 16.8 Å². The Labute approximate surface area is 149 Å². The van der Waals surface area contributed by atoms with Crippen molar-refractivity contribution in [2.24, 2.45) is 7.05 Å². The van der Waals surface area contributed by atoms with Gasteiger partial charge in [-0.15, -0.1) is 0 Å². The molecule has 0 spiro atoms. The summed E-state index contributed by atoms with van der Waals surface area (Å²) in [6.07, 6.45) is 2.52. The van der Waals surface area contributed by atoms with Crippen molar-refractivity contribution in [2.45, 2.75) is 45.3 Å². The average Bonchev–Trinajstić information content (AvgIpc) is 3.03. The average molecular weight is 342 g/mol. The molecule has 2 heterocycles. The third-order valence-electron chi connectivity index (χ3n) is 5.21. The van der Waals surface area contributed by atoms with Crippen LogP contribution in [-0.2, 0) is 22.8 Å². The predicted molar refractivity (Wildman–Crippen MR) is 98.0 cm³/mol. The standard InChI is InChI=1S/C17H24B2N2O4/c1-12-10-14(18(22)23)7-6-13(12)11-17(4)16(2,3)24-19(25-17)15-8-9-21(5)20-15/h6-10,22-23H,11H2,1-5H3. The summed E-state index contributed by atoms with van der Waals surface area (Å²) in [7, 11) is -0.0945. The van der Waals surface area contributed by atoms with Crippen LogP contribution in [0.2, 0.25) is 0 Å².